The van der Waals surface area contributed by atoms with E-state index in [0.717, 1.165) is 34.9 Å². The van der Waals surface area contributed by atoms with Crippen molar-refractivity contribution in [3.8, 4) is 0 Å². The minimum absolute atomic E-state index is 0.0481. The summed E-state index contributed by atoms with van der Waals surface area (Å²) < 4.78 is 1.98. The van der Waals surface area contributed by atoms with Crippen LogP contribution in [-0.2, 0) is 10.5 Å². The summed E-state index contributed by atoms with van der Waals surface area (Å²) in [6.07, 6.45) is 6.06. The molecule has 3 aromatic rings. The molecule has 1 saturated carbocycles. The van der Waals surface area contributed by atoms with Gasteiger partial charge in [0.2, 0.25) is 11.1 Å². The molecule has 1 aliphatic carbocycles. The fraction of sp³-hybridized carbons (Fsp3) is 0.476. The summed E-state index contributed by atoms with van der Waals surface area (Å²) in [7, 11) is 0. The lowest BCUT2D eigenvalue weighted by atomic mass is 9.96. The molecule has 2 aromatic heterocycles. The van der Waals surface area contributed by atoms with Gasteiger partial charge in [0.05, 0.1) is 17.4 Å². The van der Waals surface area contributed by atoms with Crippen molar-refractivity contribution in [2.75, 3.05) is 4.90 Å². The van der Waals surface area contributed by atoms with Crippen molar-refractivity contribution in [2.45, 2.75) is 69.8 Å². The number of carbonyl (C=O) groups is 1. The molecular weight excluding hydrogens is 416 g/mol. The van der Waals surface area contributed by atoms with Crippen LogP contribution in [0.1, 0.15) is 61.9 Å². The van der Waals surface area contributed by atoms with Crippen molar-refractivity contribution in [1.29, 1.82) is 0 Å². The van der Waals surface area contributed by atoms with Crippen LogP contribution in [0.4, 0.5) is 10.8 Å². The van der Waals surface area contributed by atoms with Crippen LogP contribution in [0.15, 0.2) is 28.7 Å². The number of benzene rings is 1. The Balaban J connectivity index is 1.48. The average Bonchev–Trinajstić information content (AvgIpc) is 3.39. The van der Waals surface area contributed by atoms with Crippen LogP contribution >= 0.6 is 23.1 Å². The number of anilines is 2. The van der Waals surface area contributed by atoms with Crippen LogP contribution < -0.4 is 4.90 Å². The first-order valence-corrected chi connectivity index (χ1v) is 12.1. The second kappa shape index (κ2) is 9.26. The minimum Gasteiger partial charge on any atom is -0.274 e. The van der Waals surface area contributed by atoms with Gasteiger partial charge in [-0.2, -0.15) is 0 Å². The SMILES string of the molecule is CC(=O)N(c1ccc(C)c(C)c1)c1nc(CSc2nnnn2C2CCCCC2)cs1. The number of carbonyl (C=O) groups excluding carboxylic acids is 1. The average molecular weight is 443 g/mol. The number of nitrogens with zero attached hydrogens (tertiary/aromatic N) is 6. The zero-order valence-corrected chi connectivity index (χ0v) is 19.2. The molecular formula is C21H26N6OS2. The van der Waals surface area contributed by atoms with Gasteiger partial charge in [-0.05, 0) is 60.4 Å². The molecule has 0 bridgehead atoms. The van der Waals surface area contributed by atoms with E-state index in [-0.39, 0.29) is 5.91 Å². The van der Waals surface area contributed by atoms with E-state index in [1.165, 1.54) is 36.2 Å². The summed E-state index contributed by atoms with van der Waals surface area (Å²) in [4.78, 5) is 18.8. The van der Waals surface area contributed by atoms with Crippen molar-refractivity contribution >= 4 is 39.8 Å². The summed E-state index contributed by atoms with van der Waals surface area (Å²) in [5.41, 5.74) is 4.13. The van der Waals surface area contributed by atoms with Crippen LogP contribution in [0, 0.1) is 13.8 Å². The minimum atomic E-state index is -0.0481. The Morgan fingerprint density at radius 2 is 2.03 bits per heavy atom. The third kappa shape index (κ3) is 4.57. The summed E-state index contributed by atoms with van der Waals surface area (Å²) in [6.45, 7) is 5.69. The molecule has 0 radical (unpaired) electrons. The number of hydrogen-bond acceptors (Lipinski definition) is 7. The van der Waals surface area contributed by atoms with E-state index >= 15 is 0 Å². The fourth-order valence-electron chi connectivity index (χ4n) is 3.73. The first-order chi connectivity index (χ1) is 14.5. The van der Waals surface area contributed by atoms with Crippen molar-refractivity contribution in [3.63, 3.8) is 0 Å². The van der Waals surface area contributed by atoms with Crippen LogP contribution in [0.3, 0.4) is 0 Å². The molecule has 2 heterocycles. The van der Waals surface area contributed by atoms with E-state index in [1.54, 1.807) is 23.6 Å². The standard InChI is InChI=1S/C21H26N6OS2/c1-14-9-10-19(11-15(14)2)26(16(3)28)20-22-17(12-29-20)13-30-21-23-24-25-27(21)18-7-5-4-6-8-18/h9-12,18H,4-8,13H2,1-3H3. The molecule has 1 aromatic carbocycles. The molecule has 7 nitrogen and oxygen atoms in total. The van der Waals surface area contributed by atoms with E-state index in [9.17, 15) is 4.79 Å². The second-order valence-corrected chi connectivity index (χ2v) is 9.51. The van der Waals surface area contributed by atoms with Crippen molar-refractivity contribution in [1.82, 2.24) is 25.2 Å². The Hall–Kier alpha value is -2.26. The maximum Gasteiger partial charge on any atom is 0.230 e. The lowest BCUT2D eigenvalue weighted by molar-refractivity contribution is -0.115. The Bertz CT molecular complexity index is 1020. The summed E-state index contributed by atoms with van der Waals surface area (Å²) >= 11 is 3.08. The molecule has 1 amide bonds. The van der Waals surface area contributed by atoms with Gasteiger partial charge in [-0.15, -0.1) is 16.4 Å². The lowest BCUT2D eigenvalue weighted by Crippen LogP contribution is -2.22. The van der Waals surface area contributed by atoms with Crippen molar-refractivity contribution in [2.24, 2.45) is 0 Å². The molecule has 1 aliphatic rings. The third-order valence-corrected chi connectivity index (χ3v) is 7.37. The maximum atomic E-state index is 12.4. The number of tetrazole rings is 1. The van der Waals surface area contributed by atoms with Gasteiger partial charge in [-0.3, -0.25) is 9.69 Å². The van der Waals surface area contributed by atoms with Gasteiger partial charge in [0.25, 0.3) is 0 Å². The highest BCUT2D eigenvalue weighted by Gasteiger charge is 2.22. The number of amides is 1. The van der Waals surface area contributed by atoms with E-state index in [4.69, 9.17) is 4.98 Å². The Morgan fingerprint density at radius 3 is 2.77 bits per heavy atom. The highest BCUT2D eigenvalue weighted by atomic mass is 32.2. The molecule has 158 valence electrons. The number of thiazole rings is 1. The highest BCUT2D eigenvalue weighted by molar-refractivity contribution is 7.98. The van der Waals surface area contributed by atoms with Gasteiger partial charge in [-0.1, -0.05) is 37.1 Å². The lowest BCUT2D eigenvalue weighted by Gasteiger charge is -2.21. The number of aryl methyl sites for hydroxylation is 2. The van der Waals surface area contributed by atoms with Gasteiger partial charge in [0, 0.05) is 18.1 Å². The highest BCUT2D eigenvalue weighted by Crippen LogP contribution is 2.33. The number of hydrogen-bond donors (Lipinski definition) is 0. The van der Waals surface area contributed by atoms with Gasteiger partial charge in [0.1, 0.15) is 0 Å². The molecule has 0 N–H and O–H groups in total. The largest absolute Gasteiger partial charge is 0.274 e. The summed E-state index contributed by atoms with van der Waals surface area (Å²) in [6, 6.07) is 6.44. The molecule has 0 unspecified atom stereocenters. The first-order valence-electron chi connectivity index (χ1n) is 10.3. The Kier molecular flexibility index (Phi) is 6.48. The van der Waals surface area contributed by atoms with Crippen LogP contribution in [0.25, 0.3) is 0 Å². The van der Waals surface area contributed by atoms with Crippen molar-refractivity contribution < 1.29 is 4.79 Å². The molecule has 0 aliphatic heterocycles. The van der Waals surface area contributed by atoms with Crippen molar-refractivity contribution in [3.05, 3.63) is 40.4 Å². The van der Waals surface area contributed by atoms with Crippen LogP contribution in [0.5, 0.6) is 0 Å². The zero-order chi connectivity index (χ0) is 21.1. The zero-order valence-electron chi connectivity index (χ0n) is 17.5. The molecule has 0 saturated heterocycles. The Labute approximate surface area is 184 Å². The second-order valence-electron chi connectivity index (χ2n) is 7.73. The molecule has 0 spiro atoms. The number of thioether (sulfide) groups is 1. The Morgan fingerprint density at radius 1 is 1.23 bits per heavy atom. The van der Waals surface area contributed by atoms with E-state index in [1.807, 2.05) is 28.3 Å². The van der Waals surface area contributed by atoms with Crippen LogP contribution in [0.2, 0.25) is 0 Å². The van der Waals surface area contributed by atoms with Gasteiger partial charge in [0.15, 0.2) is 5.13 Å². The molecule has 1 fully saturated rings. The number of rotatable bonds is 6. The normalized spacial score (nSPS) is 14.8. The van der Waals surface area contributed by atoms with Crippen LogP contribution in [-0.4, -0.2) is 31.1 Å². The van der Waals surface area contributed by atoms with E-state index in [0.29, 0.717) is 16.9 Å². The summed E-state index contributed by atoms with van der Waals surface area (Å²) in [5.74, 6) is 0.621. The van der Waals surface area contributed by atoms with Gasteiger partial charge >= 0.3 is 0 Å². The quantitative estimate of drug-likeness (QED) is 0.487. The smallest absolute Gasteiger partial charge is 0.230 e. The van der Waals surface area contributed by atoms with Gasteiger partial charge < -0.3 is 0 Å². The number of aromatic nitrogens is 5. The molecule has 9 heteroatoms. The maximum absolute atomic E-state index is 12.4. The third-order valence-electron chi connectivity index (χ3n) is 5.53. The molecule has 30 heavy (non-hydrogen) atoms. The van der Waals surface area contributed by atoms with E-state index < -0.39 is 0 Å². The summed E-state index contributed by atoms with van der Waals surface area (Å²) in [5, 5.41) is 15.9. The fourth-order valence-corrected chi connectivity index (χ4v) is 5.56. The van der Waals surface area contributed by atoms with E-state index in [2.05, 4.69) is 29.4 Å². The van der Waals surface area contributed by atoms with Gasteiger partial charge in [-0.25, -0.2) is 9.67 Å². The monoisotopic (exact) mass is 442 g/mol. The molecule has 4 rings (SSSR count). The predicted octanol–water partition coefficient (Wildman–Crippen LogP) is 5.23. The molecule has 0 atom stereocenters. The predicted molar refractivity (Wildman–Crippen MR) is 120 cm³/mol. The topological polar surface area (TPSA) is 76.8 Å². The first kappa shape index (κ1) is 21.0.